The van der Waals surface area contributed by atoms with Crippen LogP contribution < -0.4 is 0 Å². The Labute approximate surface area is 172 Å². The van der Waals surface area contributed by atoms with Gasteiger partial charge in [-0.15, -0.1) is 0 Å². The number of unbranched alkanes of at least 4 members (excludes halogenated alkanes) is 1. The van der Waals surface area contributed by atoms with E-state index in [0.29, 0.717) is 36.4 Å². The van der Waals surface area contributed by atoms with Crippen LogP contribution in [0.1, 0.15) is 59.8 Å². The summed E-state index contributed by atoms with van der Waals surface area (Å²) in [7, 11) is 0. The fourth-order valence-electron chi connectivity index (χ4n) is 2.99. The van der Waals surface area contributed by atoms with Crippen molar-refractivity contribution in [3.63, 3.8) is 0 Å². The van der Waals surface area contributed by atoms with Crippen LogP contribution >= 0.6 is 11.8 Å². The van der Waals surface area contributed by atoms with Gasteiger partial charge in [-0.1, -0.05) is 44.9 Å². The Morgan fingerprint density at radius 3 is 2.86 bits per heavy atom. The molecule has 2 aromatic rings. The molecule has 1 unspecified atom stereocenters. The zero-order chi connectivity index (χ0) is 20.6. The number of fused-ring (bicyclic) bond motifs is 1. The summed E-state index contributed by atoms with van der Waals surface area (Å²) < 4.78 is 7.38. The molecule has 2 heterocycles. The Hall–Kier alpha value is -1.60. The topological polar surface area (TPSA) is 77.2 Å². The first-order valence-electron chi connectivity index (χ1n) is 10.1. The molecule has 0 spiro atoms. The third kappa shape index (κ3) is 7.43. The molecule has 1 N–H and O–H groups in total. The molecular weight excluding hydrogens is 374 g/mol. The fraction of sp³-hybridized carbons (Fsp3) is 0.667. The molecule has 2 rings (SSSR count). The lowest BCUT2D eigenvalue weighted by Gasteiger charge is -2.18. The van der Waals surface area contributed by atoms with E-state index >= 15 is 0 Å². The number of rotatable bonds is 12. The number of nitrogens with zero attached hydrogens (tertiary/aromatic N) is 3. The fourth-order valence-corrected chi connectivity index (χ4v) is 3.73. The number of carbonyl (C=O) groups excluding carboxylic acids is 1. The summed E-state index contributed by atoms with van der Waals surface area (Å²) in [6.45, 7) is 8.88. The Morgan fingerprint density at radius 1 is 1.39 bits per heavy atom. The number of hydrogen-bond donors (Lipinski definition) is 1. The van der Waals surface area contributed by atoms with Gasteiger partial charge in [0.15, 0.2) is 5.16 Å². The Kier molecular flexibility index (Phi) is 8.76. The van der Waals surface area contributed by atoms with Gasteiger partial charge in [0.05, 0.1) is 42.4 Å². The normalized spacial score (nSPS) is 13.0. The zero-order valence-electron chi connectivity index (χ0n) is 17.5. The molecule has 0 saturated heterocycles. The molecule has 1 atom stereocenters. The van der Waals surface area contributed by atoms with E-state index in [2.05, 4.69) is 23.8 Å². The molecule has 0 aliphatic heterocycles. The summed E-state index contributed by atoms with van der Waals surface area (Å²) in [5.74, 6) is 0.913. The number of ether oxygens (including phenoxy) is 1. The number of aliphatic hydroxyl groups is 1. The Morgan fingerprint density at radius 2 is 2.18 bits per heavy atom. The van der Waals surface area contributed by atoms with E-state index in [1.165, 1.54) is 24.6 Å². The van der Waals surface area contributed by atoms with Gasteiger partial charge in [-0.25, -0.2) is 9.97 Å². The van der Waals surface area contributed by atoms with E-state index in [1.807, 2.05) is 16.8 Å². The first-order valence-corrected chi connectivity index (χ1v) is 11.1. The van der Waals surface area contributed by atoms with E-state index in [4.69, 9.17) is 4.74 Å². The Balaban J connectivity index is 1.79. The molecule has 0 radical (unpaired) electrons. The van der Waals surface area contributed by atoms with Gasteiger partial charge in [-0.05, 0) is 32.3 Å². The maximum atomic E-state index is 12.0. The van der Waals surface area contributed by atoms with Gasteiger partial charge in [0.25, 0.3) is 0 Å². The summed E-state index contributed by atoms with van der Waals surface area (Å²) in [6, 6.07) is 1.92. The molecule has 28 heavy (non-hydrogen) atoms. The van der Waals surface area contributed by atoms with Crippen molar-refractivity contribution in [2.24, 2.45) is 5.92 Å². The smallest absolute Gasteiger partial charge is 0.306 e. The van der Waals surface area contributed by atoms with E-state index in [-0.39, 0.29) is 5.97 Å². The molecule has 7 heteroatoms. The number of carbonyl (C=O) groups is 1. The van der Waals surface area contributed by atoms with Gasteiger partial charge < -0.3 is 14.4 Å². The summed E-state index contributed by atoms with van der Waals surface area (Å²) in [5.41, 5.74) is 0.933. The van der Waals surface area contributed by atoms with Gasteiger partial charge in [-0.3, -0.25) is 4.79 Å². The van der Waals surface area contributed by atoms with Crippen LogP contribution in [-0.4, -0.2) is 43.6 Å². The predicted molar refractivity (Wildman–Crippen MR) is 113 cm³/mol. The standard InChI is InChI=1S/C21H33N3O3S/c1-5-7-8-16(6-2)14-27-19(25)10-12-28-20-22-13-18-17(23-20)9-11-24(18)15-21(3,4)26/h9,11,13,16,26H,5-8,10,12,14-15H2,1-4H3. The van der Waals surface area contributed by atoms with E-state index < -0.39 is 5.60 Å². The second-order valence-electron chi connectivity index (χ2n) is 7.88. The summed E-state index contributed by atoms with van der Waals surface area (Å²) in [6.07, 6.45) is 8.56. The van der Waals surface area contributed by atoms with Crippen LogP contribution in [0.25, 0.3) is 11.0 Å². The van der Waals surface area contributed by atoms with Crippen molar-refractivity contribution in [2.75, 3.05) is 12.4 Å². The summed E-state index contributed by atoms with van der Waals surface area (Å²) in [4.78, 5) is 20.9. The van der Waals surface area contributed by atoms with Crippen LogP contribution in [0.3, 0.4) is 0 Å². The van der Waals surface area contributed by atoms with Gasteiger partial charge in [0, 0.05) is 11.9 Å². The molecule has 0 saturated carbocycles. The second-order valence-corrected chi connectivity index (χ2v) is 8.94. The van der Waals surface area contributed by atoms with Crippen molar-refractivity contribution in [2.45, 2.75) is 77.1 Å². The van der Waals surface area contributed by atoms with Crippen LogP contribution in [0, 0.1) is 5.92 Å². The van der Waals surface area contributed by atoms with Crippen LogP contribution in [0.4, 0.5) is 0 Å². The predicted octanol–water partition coefficient (Wildman–Crippen LogP) is 4.44. The van der Waals surface area contributed by atoms with Gasteiger partial charge in [-0.2, -0.15) is 0 Å². The molecule has 0 aliphatic carbocycles. The highest BCUT2D eigenvalue weighted by molar-refractivity contribution is 7.99. The number of hydrogen-bond acceptors (Lipinski definition) is 6. The molecule has 156 valence electrons. The molecule has 2 aromatic heterocycles. The van der Waals surface area contributed by atoms with Crippen molar-refractivity contribution >= 4 is 28.8 Å². The number of esters is 1. The van der Waals surface area contributed by atoms with E-state index in [1.54, 1.807) is 20.0 Å². The summed E-state index contributed by atoms with van der Waals surface area (Å²) >= 11 is 1.46. The Bertz CT molecular complexity index is 755. The highest BCUT2D eigenvalue weighted by atomic mass is 32.2. The van der Waals surface area contributed by atoms with Crippen molar-refractivity contribution in [3.05, 3.63) is 18.5 Å². The van der Waals surface area contributed by atoms with Crippen LogP contribution in [0.2, 0.25) is 0 Å². The SMILES string of the molecule is CCCCC(CC)COC(=O)CCSc1ncc2c(ccn2CC(C)(C)O)n1. The summed E-state index contributed by atoms with van der Waals surface area (Å²) in [5, 5.41) is 10.6. The monoisotopic (exact) mass is 407 g/mol. The quantitative estimate of drug-likeness (QED) is 0.318. The molecular formula is C21H33N3O3S. The largest absolute Gasteiger partial charge is 0.465 e. The third-order valence-corrected chi connectivity index (χ3v) is 5.48. The second kappa shape index (κ2) is 10.8. The zero-order valence-corrected chi connectivity index (χ0v) is 18.3. The van der Waals surface area contributed by atoms with Crippen molar-refractivity contribution in [3.8, 4) is 0 Å². The first-order chi connectivity index (χ1) is 13.3. The molecule has 0 aliphatic rings. The first kappa shape index (κ1) is 22.7. The minimum Gasteiger partial charge on any atom is -0.465 e. The maximum absolute atomic E-state index is 12.0. The third-order valence-electron chi connectivity index (χ3n) is 4.62. The lowest BCUT2D eigenvalue weighted by molar-refractivity contribution is -0.144. The van der Waals surface area contributed by atoms with Crippen LogP contribution in [0.5, 0.6) is 0 Å². The highest BCUT2D eigenvalue weighted by Crippen LogP contribution is 2.21. The minimum atomic E-state index is -0.799. The average molecular weight is 408 g/mol. The van der Waals surface area contributed by atoms with Gasteiger partial charge >= 0.3 is 5.97 Å². The van der Waals surface area contributed by atoms with Crippen molar-refractivity contribution < 1.29 is 14.6 Å². The van der Waals surface area contributed by atoms with E-state index in [0.717, 1.165) is 23.9 Å². The van der Waals surface area contributed by atoms with Crippen LogP contribution in [-0.2, 0) is 16.1 Å². The molecule has 0 fully saturated rings. The van der Waals surface area contributed by atoms with Gasteiger partial charge in [0.2, 0.25) is 0 Å². The van der Waals surface area contributed by atoms with Crippen LogP contribution in [0.15, 0.2) is 23.6 Å². The number of thioether (sulfide) groups is 1. The van der Waals surface area contributed by atoms with E-state index in [9.17, 15) is 9.90 Å². The minimum absolute atomic E-state index is 0.153. The maximum Gasteiger partial charge on any atom is 0.306 e. The molecule has 0 amide bonds. The number of aromatic nitrogens is 3. The molecule has 0 aromatic carbocycles. The van der Waals surface area contributed by atoms with Gasteiger partial charge in [0.1, 0.15) is 0 Å². The highest BCUT2D eigenvalue weighted by Gasteiger charge is 2.16. The van der Waals surface area contributed by atoms with Crippen molar-refractivity contribution in [1.29, 1.82) is 0 Å². The van der Waals surface area contributed by atoms with Crippen molar-refractivity contribution in [1.82, 2.24) is 14.5 Å². The lowest BCUT2D eigenvalue weighted by atomic mass is 10.0. The lowest BCUT2D eigenvalue weighted by Crippen LogP contribution is -2.25. The average Bonchev–Trinajstić information content (AvgIpc) is 3.02. The molecule has 0 bridgehead atoms. The molecule has 6 nitrogen and oxygen atoms in total.